The van der Waals surface area contributed by atoms with E-state index in [4.69, 9.17) is 0 Å². The van der Waals surface area contributed by atoms with Gasteiger partial charge in [-0.25, -0.2) is 0 Å². The maximum atomic E-state index is 9.85. The van der Waals surface area contributed by atoms with Crippen molar-refractivity contribution in [3.63, 3.8) is 0 Å². The van der Waals surface area contributed by atoms with Crippen LogP contribution in [-0.4, -0.2) is 29.6 Å². The summed E-state index contributed by atoms with van der Waals surface area (Å²) >= 11 is -2.22. The summed E-state index contributed by atoms with van der Waals surface area (Å²) in [6.07, 6.45) is 11.3. The van der Waals surface area contributed by atoms with E-state index in [0.717, 1.165) is 0 Å². The van der Waals surface area contributed by atoms with Crippen molar-refractivity contribution in [2.24, 2.45) is 0 Å². The third kappa shape index (κ3) is 7.49. The number of allylic oxidation sites excluding steroid dienone is 1. The summed E-state index contributed by atoms with van der Waals surface area (Å²) in [5.74, 6) is 0. The van der Waals surface area contributed by atoms with Crippen LogP contribution in [0.3, 0.4) is 0 Å². The molecule has 1 atom stereocenters. The Kier molecular flexibility index (Phi) is 12.4. The first-order valence-corrected chi connectivity index (χ1v) is 16.4. The van der Waals surface area contributed by atoms with Crippen LogP contribution in [0.2, 0.25) is 13.3 Å². The Bertz CT molecular complexity index is 236. The molecular weight excluding hydrogens is 351 g/mol. The van der Waals surface area contributed by atoms with Gasteiger partial charge in [0.05, 0.1) is 0 Å². The molecule has 0 aliphatic rings. The molecular formula is C18H38OSn. The first-order chi connectivity index (χ1) is 9.56. The van der Waals surface area contributed by atoms with Gasteiger partial charge in [0, 0.05) is 0 Å². The summed E-state index contributed by atoms with van der Waals surface area (Å²) in [4.78, 5) is 0. The quantitative estimate of drug-likeness (QED) is 0.401. The van der Waals surface area contributed by atoms with E-state index in [1.807, 2.05) is 6.92 Å². The monoisotopic (exact) mass is 390 g/mol. The fourth-order valence-corrected chi connectivity index (χ4v) is 20.9. The predicted molar refractivity (Wildman–Crippen MR) is 95.0 cm³/mol. The third-order valence-electron chi connectivity index (χ3n) is 4.53. The summed E-state index contributed by atoms with van der Waals surface area (Å²) in [5, 5.41) is 9.85. The van der Waals surface area contributed by atoms with Gasteiger partial charge in [-0.2, -0.15) is 0 Å². The number of aliphatic hydroxyl groups is 1. The summed E-state index contributed by atoms with van der Waals surface area (Å²) in [6, 6.07) is 0. The Hall–Kier alpha value is 0.499. The molecule has 0 radical (unpaired) electrons. The normalized spacial score (nSPS) is 14.6. The standard InChI is InChI=1S/C6H11O.3C4H9.Sn/c1-3-4-5-6(2)7;3*1-3-4-2;/h5-7H,3H2,1-2H3;3*1,3-4H2,2H3;/t6-;;;;/m0..../s1. The molecule has 0 fully saturated rings. The summed E-state index contributed by atoms with van der Waals surface area (Å²) < 4.78 is 6.26. The van der Waals surface area contributed by atoms with E-state index < -0.39 is 18.4 Å². The molecule has 0 unspecified atom stereocenters. The zero-order valence-electron chi connectivity index (χ0n) is 14.7. The van der Waals surface area contributed by atoms with Crippen LogP contribution in [0, 0.1) is 0 Å². The van der Waals surface area contributed by atoms with Gasteiger partial charge < -0.3 is 0 Å². The van der Waals surface area contributed by atoms with Crippen LogP contribution >= 0.6 is 0 Å². The molecule has 120 valence electrons. The van der Waals surface area contributed by atoms with Crippen molar-refractivity contribution < 1.29 is 5.11 Å². The second-order valence-corrected chi connectivity index (χ2v) is 19.8. The molecule has 1 nitrogen and oxygen atoms in total. The number of aliphatic hydroxyl groups excluding tert-OH is 1. The van der Waals surface area contributed by atoms with E-state index in [9.17, 15) is 5.11 Å². The van der Waals surface area contributed by atoms with E-state index >= 15 is 0 Å². The predicted octanol–water partition coefficient (Wildman–Crippen LogP) is 6.09. The van der Waals surface area contributed by atoms with E-state index in [2.05, 4.69) is 33.8 Å². The van der Waals surface area contributed by atoms with Gasteiger partial charge in [0.15, 0.2) is 0 Å². The van der Waals surface area contributed by atoms with Crippen molar-refractivity contribution in [3.8, 4) is 0 Å². The molecule has 0 saturated heterocycles. The fraction of sp³-hybridized carbons (Fsp3) is 0.889. The van der Waals surface area contributed by atoms with Crippen LogP contribution in [-0.2, 0) is 0 Å². The molecule has 0 aliphatic carbocycles. The molecule has 0 aromatic heterocycles. The average Bonchev–Trinajstić information content (AvgIpc) is 2.44. The van der Waals surface area contributed by atoms with Gasteiger partial charge in [-0.3, -0.25) is 0 Å². The van der Waals surface area contributed by atoms with Crippen LogP contribution in [0.1, 0.15) is 79.6 Å². The van der Waals surface area contributed by atoms with E-state index in [1.165, 1.54) is 58.3 Å². The first-order valence-electron chi connectivity index (χ1n) is 8.95. The van der Waals surface area contributed by atoms with Crippen LogP contribution in [0.15, 0.2) is 9.67 Å². The fourth-order valence-electron chi connectivity index (χ4n) is 3.36. The minimum atomic E-state index is -2.22. The summed E-state index contributed by atoms with van der Waals surface area (Å²) in [6.45, 7) is 11.2. The maximum absolute atomic E-state index is 9.85. The molecule has 0 spiro atoms. The Morgan fingerprint density at radius 2 is 1.30 bits per heavy atom. The van der Waals surface area contributed by atoms with Crippen molar-refractivity contribution in [3.05, 3.63) is 9.67 Å². The molecule has 20 heavy (non-hydrogen) atoms. The third-order valence-corrected chi connectivity index (χ3v) is 21.1. The minimum absolute atomic E-state index is 0.258. The number of unbranched alkanes of at least 4 members (excludes halogenated alkanes) is 3. The zero-order valence-corrected chi connectivity index (χ0v) is 17.5. The van der Waals surface area contributed by atoms with Crippen molar-refractivity contribution in [1.82, 2.24) is 0 Å². The Labute approximate surface area is 132 Å². The molecule has 2 heteroatoms. The van der Waals surface area contributed by atoms with E-state index in [0.29, 0.717) is 0 Å². The Morgan fingerprint density at radius 1 is 0.900 bits per heavy atom. The van der Waals surface area contributed by atoms with Crippen molar-refractivity contribution in [1.29, 1.82) is 0 Å². The first kappa shape index (κ1) is 20.5. The number of hydrogen-bond acceptors (Lipinski definition) is 1. The van der Waals surface area contributed by atoms with Crippen LogP contribution in [0.4, 0.5) is 0 Å². The molecule has 0 amide bonds. The number of hydrogen-bond donors (Lipinski definition) is 1. The summed E-state index contributed by atoms with van der Waals surface area (Å²) in [5.41, 5.74) is 0. The van der Waals surface area contributed by atoms with Gasteiger partial charge in [-0.05, 0) is 0 Å². The van der Waals surface area contributed by atoms with Gasteiger partial charge in [0.1, 0.15) is 0 Å². The van der Waals surface area contributed by atoms with Crippen molar-refractivity contribution in [2.45, 2.75) is 99.0 Å². The van der Waals surface area contributed by atoms with Crippen molar-refractivity contribution >= 4 is 18.4 Å². The molecule has 0 aromatic rings. The zero-order chi connectivity index (χ0) is 15.4. The van der Waals surface area contributed by atoms with Gasteiger partial charge in [-0.15, -0.1) is 0 Å². The summed E-state index contributed by atoms with van der Waals surface area (Å²) in [7, 11) is 0. The van der Waals surface area contributed by atoms with Crippen molar-refractivity contribution in [2.75, 3.05) is 0 Å². The molecule has 0 aliphatic heterocycles. The Balaban J connectivity index is 5.28. The van der Waals surface area contributed by atoms with Crippen LogP contribution in [0.5, 0.6) is 0 Å². The second-order valence-electron chi connectivity index (χ2n) is 6.38. The van der Waals surface area contributed by atoms with Gasteiger partial charge >= 0.3 is 132 Å². The van der Waals surface area contributed by atoms with Gasteiger partial charge in [-0.1, -0.05) is 0 Å². The molecule has 0 bridgehead atoms. The van der Waals surface area contributed by atoms with Gasteiger partial charge in [0.2, 0.25) is 0 Å². The Morgan fingerprint density at radius 3 is 1.55 bits per heavy atom. The molecule has 0 heterocycles. The second kappa shape index (κ2) is 12.1. The van der Waals surface area contributed by atoms with E-state index in [1.54, 1.807) is 3.59 Å². The topological polar surface area (TPSA) is 20.2 Å². The molecule has 1 N–H and O–H groups in total. The molecule has 0 saturated carbocycles. The van der Waals surface area contributed by atoms with E-state index in [-0.39, 0.29) is 6.10 Å². The van der Waals surface area contributed by atoms with Crippen LogP contribution in [0.25, 0.3) is 0 Å². The average molecular weight is 389 g/mol. The van der Waals surface area contributed by atoms with Gasteiger partial charge in [0.25, 0.3) is 0 Å². The molecule has 0 aromatic carbocycles. The SMILES string of the molecule is CCC[CH2][Sn]([CH2]CCC)([CH2]CCC)/[C](=C/[C@H](C)O)CC. The van der Waals surface area contributed by atoms with Crippen LogP contribution < -0.4 is 0 Å². The number of rotatable bonds is 12. The molecule has 0 rings (SSSR count).